The molecule has 0 unspecified atom stereocenters. The third-order valence-electron chi connectivity index (χ3n) is 1.31. The highest BCUT2D eigenvalue weighted by molar-refractivity contribution is 6.30. The second-order valence-corrected chi connectivity index (χ2v) is 2.61. The molecular weight excluding hydrogens is 167 g/mol. The number of benzene rings is 1. The van der Waals surface area contributed by atoms with Gasteiger partial charge in [-0.3, -0.25) is 0 Å². The van der Waals surface area contributed by atoms with E-state index in [0.29, 0.717) is 10.6 Å². The van der Waals surface area contributed by atoms with Crippen LogP contribution in [0.3, 0.4) is 0 Å². The highest BCUT2D eigenvalue weighted by Crippen LogP contribution is 2.14. The standard InChI is InChI=1S/C8H8ClFO/c1-11-5-6-2-3-7(9)4-8(6)10/h2-4H,5H2,1H3. The van der Waals surface area contributed by atoms with Crippen molar-refractivity contribution in [2.45, 2.75) is 6.61 Å². The molecule has 1 aromatic rings. The molecule has 0 aliphatic heterocycles. The van der Waals surface area contributed by atoms with E-state index in [2.05, 4.69) is 0 Å². The van der Waals surface area contributed by atoms with Crippen LogP contribution in [0.25, 0.3) is 0 Å². The Morgan fingerprint density at radius 2 is 2.27 bits per heavy atom. The van der Waals surface area contributed by atoms with Crippen LogP contribution < -0.4 is 0 Å². The Morgan fingerprint density at radius 1 is 1.55 bits per heavy atom. The number of ether oxygens (including phenoxy) is 1. The maximum Gasteiger partial charge on any atom is 0.130 e. The fourth-order valence-electron chi connectivity index (χ4n) is 0.794. The topological polar surface area (TPSA) is 9.23 Å². The van der Waals surface area contributed by atoms with Gasteiger partial charge in [0.2, 0.25) is 0 Å². The Hall–Kier alpha value is -0.600. The fraction of sp³-hybridized carbons (Fsp3) is 0.250. The van der Waals surface area contributed by atoms with Crippen molar-refractivity contribution in [1.82, 2.24) is 0 Å². The first-order valence-electron chi connectivity index (χ1n) is 3.17. The van der Waals surface area contributed by atoms with E-state index >= 15 is 0 Å². The summed E-state index contributed by atoms with van der Waals surface area (Å²) in [6.45, 7) is 0.281. The van der Waals surface area contributed by atoms with Gasteiger partial charge in [0, 0.05) is 17.7 Å². The van der Waals surface area contributed by atoms with Crippen molar-refractivity contribution in [1.29, 1.82) is 0 Å². The van der Waals surface area contributed by atoms with Crippen LogP contribution in [0.15, 0.2) is 18.2 Å². The van der Waals surface area contributed by atoms with Gasteiger partial charge in [0.25, 0.3) is 0 Å². The fourth-order valence-corrected chi connectivity index (χ4v) is 0.953. The molecule has 11 heavy (non-hydrogen) atoms. The molecule has 0 aliphatic carbocycles. The Balaban J connectivity index is 2.90. The van der Waals surface area contributed by atoms with Crippen LogP contribution in [-0.2, 0) is 11.3 Å². The van der Waals surface area contributed by atoms with Gasteiger partial charge in [-0.05, 0) is 12.1 Å². The van der Waals surface area contributed by atoms with Crippen LogP contribution in [0.2, 0.25) is 5.02 Å². The first kappa shape index (κ1) is 8.50. The number of halogens is 2. The summed E-state index contributed by atoms with van der Waals surface area (Å²) in [5.41, 5.74) is 0.525. The molecule has 0 spiro atoms. The van der Waals surface area contributed by atoms with Crippen molar-refractivity contribution >= 4 is 11.6 Å². The molecule has 0 atom stereocenters. The minimum atomic E-state index is -0.320. The lowest BCUT2D eigenvalue weighted by Crippen LogP contribution is -1.91. The van der Waals surface area contributed by atoms with Gasteiger partial charge in [-0.15, -0.1) is 0 Å². The zero-order valence-electron chi connectivity index (χ0n) is 6.10. The summed E-state index contributed by atoms with van der Waals surface area (Å²) in [5.74, 6) is -0.320. The van der Waals surface area contributed by atoms with Crippen molar-refractivity contribution in [2.24, 2.45) is 0 Å². The lowest BCUT2D eigenvalue weighted by atomic mass is 10.2. The van der Waals surface area contributed by atoms with Crippen molar-refractivity contribution in [3.05, 3.63) is 34.6 Å². The van der Waals surface area contributed by atoms with Gasteiger partial charge >= 0.3 is 0 Å². The van der Waals surface area contributed by atoms with E-state index in [-0.39, 0.29) is 12.4 Å². The average Bonchev–Trinajstić information content (AvgIpc) is 1.95. The van der Waals surface area contributed by atoms with Gasteiger partial charge < -0.3 is 4.74 Å². The molecule has 0 aromatic heterocycles. The molecule has 1 nitrogen and oxygen atoms in total. The van der Waals surface area contributed by atoms with Crippen molar-refractivity contribution in [3.8, 4) is 0 Å². The molecule has 3 heteroatoms. The highest BCUT2D eigenvalue weighted by Gasteiger charge is 2.00. The number of hydrogen-bond donors (Lipinski definition) is 0. The molecule has 0 heterocycles. The van der Waals surface area contributed by atoms with E-state index in [1.807, 2.05) is 0 Å². The molecule has 0 bridgehead atoms. The van der Waals surface area contributed by atoms with E-state index in [0.717, 1.165) is 0 Å². The van der Waals surface area contributed by atoms with E-state index in [1.54, 1.807) is 12.1 Å². The van der Waals surface area contributed by atoms with Crippen LogP contribution in [0.5, 0.6) is 0 Å². The molecule has 60 valence electrons. The molecule has 0 aliphatic rings. The summed E-state index contributed by atoms with van der Waals surface area (Å²) in [6.07, 6.45) is 0. The van der Waals surface area contributed by atoms with Crippen LogP contribution in [0.4, 0.5) is 4.39 Å². The maximum atomic E-state index is 12.9. The third kappa shape index (κ3) is 2.17. The smallest absolute Gasteiger partial charge is 0.130 e. The molecule has 1 rings (SSSR count). The molecule has 0 amide bonds. The average molecular weight is 175 g/mol. The summed E-state index contributed by atoms with van der Waals surface area (Å²) in [6, 6.07) is 4.52. The highest BCUT2D eigenvalue weighted by atomic mass is 35.5. The van der Waals surface area contributed by atoms with Gasteiger partial charge in [0.1, 0.15) is 5.82 Å². The summed E-state index contributed by atoms with van der Waals surface area (Å²) >= 11 is 5.54. The lowest BCUT2D eigenvalue weighted by Gasteiger charge is -2.00. The molecule has 0 saturated heterocycles. The van der Waals surface area contributed by atoms with E-state index in [9.17, 15) is 4.39 Å². The molecule has 1 aromatic carbocycles. The second kappa shape index (κ2) is 3.69. The largest absolute Gasteiger partial charge is 0.380 e. The monoisotopic (exact) mass is 174 g/mol. The predicted octanol–water partition coefficient (Wildman–Crippen LogP) is 2.63. The third-order valence-corrected chi connectivity index (χ3v) is 1.55. The van der Waals surface area contributed by atoms with Gasteiger partial charge in [-0.2, -0.15) is 0 Å². The first-order chi connectivity index (χ1) is 5.24. The van der Waals surface area contributed by atoms with Crippen molar-refractivity contribution < 1.29 is 9.13 Å². The zero-order valence-corrected chi connectivity index (χ0v) is 6.86. The van der Waals surface area contributed by atoms with Gasteiger partial charge in [-0.25, -0.2) is 4.39 Å². The van der Waals surface area contributed by atoms with Crippen LogP contribution in [-0.4, -0.2) is 7.11 Å². The second-order valence-electron chi connectivity index (χ2n) is 2.17. The summed E-state index contributed by atoms with van der Waals surface area (Å²) in [4.78, 5) is 0. The molecular formula is C8H8ClFO. The van der Waals surface area contributed by atoms with Gasteiger partial charge in [-0.1, -0.05) is 17.7 Å². The number of methoxy groups -OCH3 is 1. The molecule has 0 N–H and O–H groups in total. The minimum Gasteiger partial charge on any atom is -0.380 e. The molecule has 0 fully saturated rings. The zero-order chi connectivity index (χ0) is 8.27. The molecule has 0 radical (unpaired) electrons. The summed E-state index contributed by atoms with van der Waals surface area (Å²) in [7, 11) is 1.52. The first-order valence-corrected chi connectivity index (χ1v) is 3.54. The lowest BCUT2D eigenvalue weighted by molar-refractivity contribution is 0.181. The Kier molecular flexibility index (Phi) is 2.85. The predicted molar refractivity (Wildman–Crippen MR) is 42.1 cm³/mol. The Bertz CT molecular complexity index is 250. The molecule has 0 saturated carbocycles. The maximum absolute atomic E-state index is 12.9. The normalized spacial score (nSPS) is 10.1. The van der Waals surface area contributed by atoms with Crippen LogP contribution in [0, 0.1) is 5.82 Å². The Labute approximate surface area is 69.7 Å². The van der Waals surface area contributed by atoms with Crippen LogP contribution >= 0.6 is 11.6 Å². The van der Waals surface area contributed by atoms with E-state index in [1.165, 1.54) is 13.2 Å². The number of hydrogen-bond acceptors (Lipinski definition) is 1. The Morgan fingerprint density at radius 3 is 2.82 bits per heavy atom. The quantitative estimate of drug-likeness (QED) is 0.670. The summed E-state index contributed by atoms with van der Waals surface area (Å²) in [5, 5.41) is 0.405. The SMILES string of the molecule is COCc1ccc(Cl)cc1F. The van der Waals surface area contributed by atoms with Crippen molar-refractivity contribution in [2.75, 3.05) is 7.11 Å². The van der Waals surface area contributed by atoms with E-state index in [4.69, 9.17) is 16.3 Å². The van der Waals surface area contributed by atoms with Gasteiger partial charge in [0.05, 0.1) is 6.61 Å². The van der Waals surface area contributed by atoms with Crippen molar-refractivity contribution in [3.63, 3.8) is 0 Å². The van der Waals surface area contributed by atoms with Gasteiger partial charge in [0.15, 0.2) is 0 Å². The van der Waals surface area contributed by atoms with E-state index < -0.39 is 0 Å². The van der Waals surface area contributed by atoms with Crippen LogP contribution in [0.1, 0.15) is 5.56 Å². The minimum absolute atomic E-state index is 0.281. The summed E-state index contributed by atoms with van der Waals surface area (Å²) < 4.78 is 17.6. The number of rotatable bonds is 2.